The Bertz CT molecular complexity index is 788. The van der Waals surface area contributed by atoms with E-state index in [1.54, 1.807) is 26.1 Å². The van der Waals surface area contributed by atoms with Crippen LogP contribution in [0.3, 0.4) is 0 Å². The minimum absolute atomic E-state index is 0.00882. The molecule has 0 saturated heterocycles. The second-order valence-corrected chi connectivity index (χ2v) is 6.78. The Morgan fingerprint density at radius 2 is 1.86 bits per heavy atom. The molecular weight excluding hydrogens is 352 g/mol. The van der Waals surface area contributed by atoms with E-state index in [2.05, 4.69) is 27.8 Å². The molecule has 0 radical (unpaired) electrons. The maximum absolute atomic E-state index is 11.9. The van der Waals surface area contributed by atoms with Crippen molar-refractivity contribution in [1.82, 2.24) is 15.5 Å². The van der Waals surface area contributed by atoms with Crippen molar-refractivity contribution in [3.8, 4) is 5.75 Å². The van der Waals surface area contributed by atoms with Crippen LogP contribution in [-0.4, -0.2) is 51.1 Å². The Hall–Kier alpha value is -3.02. The van der Waals surface area contributed by atoms with Crippen LogP contribution in [0, 0.1) is 6.92 Å². The number of guanidine groups is 1. The molecule has 0 bridgehead atoms. The van der Waals surface area contributed by atoms with Gasteiger partial charge >= 0.3 is 0 Å². The van der Waals surface area contributed by atoms with Crippen LogP contribution in [0.4, 0.5) is 0 Å². The summed E-state index contributed by atoms with van der Waals surface area (Å²) in [6.07, 6.45) is 0.872. The summed E-state index contributed by atoms with van der Waals surface area (Å²) < 4.78 is 5.46. The standard InChI is InChI=1S/C22H30N4O2/c1-17-10-11-19(20(14-17)28-4)15-24-22(25-16-21(27)26(2)3)23-13-12-18-8-6-5-7-9-18/h5-11,14H,12-13,15-16H2,1-4H3,(H2,23,24,25). The topological polar surface area (TPSA) is 66.0 Å². The zero-order chi connectivity index (χ0) is 20.4. The minimum atomic E-state index is -0.00882. The number of hydrogen-bond donors (Lipinski definition) is 2. The molecule has 0 heterocycles. The van der Waals surface area contributed by atoms with E-state index in [9.17, 15) is 4.79 Å². The van der Waals surface area contributed by atoms with Crippen molar-refractivity contribution in [2.45, 2.75) is 19.9 Å². The largest absolute Gasteiger partial charge is 0.496 e. The third-order valence-electron chi connectivity index (χ3n) is 4.30. The van der Waals surface area contributed by atoms with Crippen LogP contribution < -0.4 is 15.4 Å². The smallest absolute Gasteiger partial charge is 0.241 e. The first kappa shape index (κ1) is 21.3. The molecule has 2 aromatic carbocycles. The molecule has 0 aromatic heterocycles. The number of carbonyl (C=O) groups is 1. The van der Waals surface area contributed by atoms with E-state index in [-0.39, 0.29) is 12.5 Å². The number of hydrogen-bond acceptors (Lipinski definition) is 3. The van der Waals surface area contributed by atoms with Gasteiger partial charge in [0.1, 0.15) is 5.75 Å². The van der Waals surface area contributed by atoms with Gasteiger partial charge in [0.2, 0.25) is 5.91 Å². The second-order valence-electron chi connectivity index (χ2n) is 6.78. The van der Waals surface area contributed by atoms with Crippen LogP contribution in [-0.2, 0) is 17.8 Å². The third kappa shape index (κ3) is 6.95. The van der Waals surface area contributed by atoms with Gasteiger partial charge in [-0.25, -0.2) is 4.99 Å². The Balaban J connectivity index is 2.03. The summed E-state index contributed by atoms with van der Waals surface area (Å²) in [7, 11) is 5.14. The molecule has 0 aliphatic carbocycles. The number of aryl methyl sites for hydroxylation is 1. The summed E-state index contributed by atoms with van der Waals surface area (Å²) in [5.41, 5.74) is 3.38. The Morgan fingerprint density at radius 3 is 2.54 bits per heavy atom. The van der Waals surface area contributed by atoms with Gasteiger partial charge in [0.05, 0.1) is 20.2 Å². The molecule has 0 spiro atoms. The summed E-state index contributed by atoms with van der Waals surface area (Å²) in [5, 5.41) is 6.42. The normalized spacial score (nSPS) is 11.1. The summed E-state index contributed by atoms with van der Waals surface area (Å²) in [4.78, 5) is 18.1. The fourth-order valence-electron chi connectivity index (χ4n) is 2.61. The number of methoxy groups -OCH3 is 1. The van der Waals surface area contributed by atoms with E-state index in [1.807, 2.05) is 43.3 Å². The number of ether oxygens (including phenoxy) is 1. The quantitative estimate of drug-likeness (QED) is 0.543. The molecule has 150 valence electrons. The van der Waals surface area contributed by atoms with Crippen LogP contribution in [0.25, 0.3) is 0 Å². The molecule has 0 atom stereocenters. The van der Waals surface area contributed by atoms with Crippen molar-refractivity contribution in [2.75, 3.05) is 34.3 Å². The lowest BCUT2D eigenvalue weighted by Gasteiger charge is -2.15. The number of rotatable bonds is 8. The molecule has 0 fully saturated rings. The molecule has 2 rings (SSSR count). The molecule has 28 heavy (non-hydrogen) atoms. The lowest BCUT2D eigenvalue weighted by Crippen LogP contribution is -2.43. The van der Waals surface area contributed by atoms with Crippen LogP contribution in [0.2, 0.25) is 0 Å². The van der Waals surface area contributed by atoms with E-state index in [1.165, 1.54) is 5.56 Å². The predicted octanol–water partition coefficient (Wildman–Crippen LogP) is 2.37. The van der Waals surface area contributed by atoms with Gasteiger partial charge in [0.25, 0.3) is 0 Å². The maximum atomic E-state index is 11.9. The van der Waals surface area contributed by atoms with Crippen molar-refractivity contribution in [1.29, 1.82) is 0 Å². The van der Waals surface area contributed by atoms with Crippen LogP contribution >= 0.6 is 0 Å². The summed E-state index contributed by atoms with van der Waals surface area (Å²) in [6.45, 7) is 3.40. The van der Waals surface area contributed by atoms with Crippen molar-refractivity contribution < 1.29 is 9.53 Å². The summed E-state index contributed by atoms with van der Waals surface area (Å²) in [6, 6.07) is 16.3. The van der Waals surface area contributed by atoms with Crippen molar-refractivity contribution in [2.24, 2.45) is 4.99 Å². The highest BCUT2D eigenvalue weighted by Crippen LogP contribution is 2.20. The minimum Gasteiger partial charge on any atom is -0.496 e. The van der Waals surface area contributed by atoms with Crippen LogP contribution in [0.15, 0.2) is 53.5 Å². The number of carbonyl (C=O) groups excluding carboxylic acids is 1. The maximum Gasteiger partial charge on any atom is 0.241 e. The zero-order valence-corrected chi connectivity index (χ0v) is 17.2. The van der Waals surface area contributed by atoms with Crippen molar-refractivity contribution in [3.05, 3.63) is 65.2 Å². The molecule has 1 amide bonds. The Labute approximate surface area is 167 Å². The molecule has 2 N–H and O–H groups in total. The molecule has 2 aromatic rings. The van der Waals surface area contributed by atoms with Crippen molar-refractivity contribution >= 4 is 11.9 Å². The van der Waals surface area contributed by atoms with Crippen LogP contribution in [0.1, 0.15) is 16.7 Å². The number of likely N-dealkylation sites (N-methyl/N-ethyl adjacent to an activating group) is 1. The van der Waals surface area contributed by atoms with Gasteiger partial charge in [-0.05, 0) is 30.5 Å². The number of amides is 1. The van der Waals surface area contributed by atoms with E-state index in [0.717, 1.165) is 29.8 Å². The van der Waals surface area contributed by atoms with Gasteiger partial charge in [-0.3, -0.25) is 4.79 Å². The Kier molecular flexibility index (Phi) is 8.34. The van der Waals surface area contributed by atoms with Gasteiger partial charge in [-0.1, -0.05) is 42.5 Å². The first-order chi connectivity index (χ1) is 13.5. The fourth-order valence-corrected chi connectivity index (χ4v) is 2.61. The lowest BCUT2D eigenvalue weighted by molar-refractivity contribution is -0.127. The zero-order valence-electron chi connectivity index (χ0n) is 17.2. The molecule has 0 aliphatic heterocycles. The third-order valence-corrected chi connectivity index (χ3v) is 4.30. The molecular formula is C22H30N4O2. The molecule has 6 heteroatoms. The van der Waals surface area contributed by atoms with Crippen LogP contribution in [0.5, 0.6) is 5.75 Å². The van der Waals surface area contributed by atoms with Gasteiger partial charge in [-0.2, -0.15) is 0 Å². The fraction of sp³-hybridized carbons (Fsp3) is 0.364. The van der Waals surface area contributed by atoms with Crippen molar-refractivity contribution in [3.63, 3.8) is 0 Å². The van der Waals surface area contributed by atoms with Gasteiger partial charge in [-0.15, -0.1) is 0 Å². The number of nitrogens with zero attached hydrogens (tertiary/aromatic N) is 2. The highest BCUT2D eigenvalue weighted by atomic mass is 16.5. The van der Waals surface area contributed by atoms with Gasteiger partial charge < -0.3 is 20.3 Å². The highest BCUT2D eigenvalue weighted by molar-refractivity contribution is 5.86. The molecule has 0 unspecified atom stereocenters. The van der Waals surface area contributed by atoms with Gasteiger partial charge in [0.15, 0.2) is 5.96 Å². The Morgan fingerprint density at radius 1 is 1.11 bits per heavy atom. The van der Waals surface area contributed by atoms with E-state index >= 15 is 0 Å². The van der Waals surface area contributed by atoms with E-state index in [4.69, 9.17) is 4.74 Å². The van der Waals surface area contributed by atoms with E-state index in [0.29, 0.717) is 12.5 Å². The summed E-state index contributed by atoms with van der Waals surface area (Å²) in [5.74, 6) is 1.41. The molecule has 0 aliphatic rings. The first-order valence-corrected chi connectivity index (χ1v) is 9.39. The monoisotopic (exact) mass is 382 g/mol. The number of aliphatic imine (C=N–C) groups is 1. The predicted molar refractivity (Wildman–Crippen MR) is 114 cm³/mol. The average Bonchev–Trinajstić information content (AvgIpc) is 2.70. The molecule has 0 saturated carbocycles. The van der Waals surface area contributed by atoms with E-state index < -0.39 is 0 Å². The second kappa shape index (κ2) is 11.0. The molecule has 6 nitrogen and oxygen atoms in total. The highest BCUT2D eigenvalue weighted by Gasteiger charge is 2.07. The van der Waals surface area contributed by atoms with Gasteiger partial charge in [0, 0.05) is 26.2 Å². The summed E-state index contributed by atoms with van der Waals surface area (Å²) >= 11 is 0. The number of benzene rings is 2. The average molecular weight is 383 g/mol. The lowest BCUT2D eigenvalue weighted by atomic mass is 10.1. The number of nitrogens with one attached hydrogen (secondary N) is 2. The first-order valence-electron chi connectivity index (χ1n) is 9.39. The SMILES string of the molecule is COc1cc(C)ccc1CN=C(NCCc1ccccc1)NCC(=O)N(C)C.